The van der Waals surface area contributed by atoms with Crippen molar-refractivity contribution in [3.05, 3.63) is 89.7 Å². The highest BCUT2D eigenvalue weighted by Gasteiger charge is 2.32. The van der Waals surface area contributed by atoms with Gasteiger partial charge in [0.05, 0.1) is 4.90 Å². The number of halogens is 1. The first kappa shape index (κ1) is 23.5. The van der Waals surface area contributed by atoms with Crippen LogP contribution in [0.2, 0.25) is 0 Å². The Morgan fingerprint density at radius 2 is 1.63 bits per heavy atom. The van der Waals surface area contributed by atoms with Crippen molar-refractivity contribution in [1.82, 2.24) is 4.31 Å². The topological polar surface area (TPSA) is 60.9 Å². The van der Waals surface area contributed by atoms with E-state index in [2.05, 4.69) is 0 Å². The average Bonchev–Trinajstić information content (AvgIpc) is 2.89. The minimum absolute atomic E-state index is 0.0252. The summed E-state index contributed by atoms with van der Waals surface area (Å²) in [5.74, 6) is -0.491. The van der Waals surface area contributed by atoms with E-state index in [-0.39, 0.29) is 22.7 Å². The van der Waals surface area contributed by atoms with Crippen molar-refractivity contribution in [3.63, 3.8) is 0 Å². The van der Waals surface area contributed by atoms with Gasteiger partial charge in [-0.2, -0.15) is 4.31 Å². The molecule has 1 saturated heterocycles. The van der Waals surface area contributed by atoms with Gasteiger partial charge in [-0.15, -0.1) is 0 Å². The van der Waals surface area contributed by atoms with E-state index >= 15 is 0 Å². The summed E-state index contributed by atoms with van der Waals surface area (Å²) in [6.45, 7) is 3.66. The van der Waals surface area contributed by atoms with Gasteiger partial charge in [-0.1, -0.05) is 24.3 Å². The summed E-state index contributed by atoms with van der Waals surface area (Å²) in [5, 5.41) is 0. The molecule has 0 aromatic heterocycles. The molecule has 0 aliphatic carbocycles. The maximum Gasteiger partial charge on any atom is 0.258 e. The number of sulfonamides is 1. The molecular weight excluding hydrogens is 465 g/mol. The lowest BCUT2D eigenvalue weighted by molar-refractivity contribution is 0.0975. The molecule has 0 radical (unpaired) electrons. The Hall–Kier alpha value is -3.23. The second-order valence-corrected chi connectivity index (χ2v) is 11.0. The monoisotopic (exact) mass is 493 g/mol. The molecule has 5 rings (SSSR count). The van der Waals surface area contributed by atoms with Crippen LogP contribution < -0.4 is 9.80 Å². The number of benzene rings is 3. The van der Waals surface area contributed by atoms with Gasteiger partial charge < -0.3 is 9.80 Å². The van der Waals surface area contributed by atoms with Gasteiger partial charge in [0.1, 0.15) is 5.82 Å². The number of carbonyl (C=O) groups excluding carboxylic acids is 1. The zero-order valence-electron chi connectivity index (χ0n) is 19.6. The van der Waals surface area contributed by atoms with Crippen molar-refractivity contribution in [3.8, 4) is 0 Å². The Balaban J connectivity index is 1.35. The molecular formula is C27H28FN3O3S. The predicted octanol–water partition coefficient (Wildman–Crippen LogP) is 4.32. The molecule has 0 saturated carbocycles. The highest BCUT2D eigenvalue weighted by atomic mass is 32.2. The zero-order valence-corrected chi connectivity index (χ0v) is 20.4. The quantitative estimate of drug-likeness (QED) is 0.543. The minimum Gasteiger partial charge on any atom is -0.369 e. The molecule has 182 valence electrons. The summed E-state index contributed by atoms with van der Waals surface area (Å²) in [6.07, 6.45) is 1.78. The SMILES string of the molecule is CC1CCc2ccccc2N1C(=O)c1cccc(S(=O)(=O)N2CCN(c3ccc(F)cc3)CC2)c1. The standard InChI is InChI=1S/C27H28FN3O3S/c1-20-9-10-21-5-2-3-8-26(21)31(20)27(32)22-6-4-7-25(19-22)35(33,34)30-17-15-29(16-18-30)24-13-11-23(28)12-14-24/h2-8,11-14,19-20H,9-10,15-18H2,1H3. The summed E-state index contributed by atoms with van der Waals surface area (Å²) >= 11 is 0. The van der Waals surface area contributed by atoms with E-state index in [4.69, 9.17) is 0 Å². The van der Waals surface area contributed by atoms with Crippen LogP contribution in [0.1, 0.15) is 29.3 Å². The smallest absolute Gasteiger partial charge is 0.258 e. The molecule has 0 bridgehead atoms. The number of fused-ring (bicyclic) bond motifs is 1. The van der Waals surface area contributed by atoms with E-state index in [1.165, 1.54) is 22.5 Å². The first-order chi connectivity index (χ1) is 16.8. The molecule has 1 atom stereocenters. The molecule has 3 aromatic carbocycles. The number of rotatable bonds is 4. The second kappa shape index (κ2) is 9.43. The molecule has 1 unspecified atom stereocenters. The summed E-state index contributed by atoms with van der Waals surface area (Å²) in [4.78, 5) is 17.5. The maximum atomic E-state index is 13.5. The molecule has 3 aromatic rings. The average molecular weight is 494 g/mol. The van der Waals surface area contributed by atoms with E-state index in [1.54, 1.807) is 35.2 Å². The number of para-hydroxylation sites is 1. The molecule has 0 N–H and O–H groups in total. The van der Waals surface area contributed by atoms with Crippen LogP contribution in [0.5, 0.6) is 0 Å². The van der Waals surface area contributed by atoms with Crippen LogP contribution in [0, 0.1) is 5.82 Å². The lowest BCUT2D eigenvalue weighted by Crippen LogP contribution is -2.48. The van der Waals surface area contributed by atoms with E-state index in [0.717, 1.165) is 29.8 Å². The third-order valence-corrected chi connectivity index (χ3v) is 8.79. The number of aryl methyl sites for hydroxylation is 1. The first-order valence-electron chi connectivity index (χ1n) is 11.9. The van der Waals surface area contributed by atoms with Gasteiger partial charge in [0, 0.05) is 49.2 Å². The van der Waals surface area contributed by atoms with Crippen molar-refractivity contribution >= 4 is 27.3 Å². The molecule has 1 fully saturated rings. The van der Waals surface area contributed by atoms with Gasteiger partial charge in [-0.3, -0.25) is 4.79 Å². The fourth-order valence-corrected chi connectivity index (χ4v) is 6.38. The fraction of sp³-hybridized carbons (Fsp3) is 0.296. The van der Waals surface area contributed by atoms with Crippen molar-refractivity contribution in [1.29, 1.82) is 0 Å². The van der Waals surface area contributed by atoms with Gasteiger partial charge in [-0.05, 0) is 73.9 Å². The third-order valence-electron chi connectivity index (χ3n) is 6.89. The summed E-state index contributed by atoms with van der Waals surface area (Å²) < 4.78 is 41.5. The number of nitrogens with zero attached hydrogens (tertiary/aromatic N) is 3. The Bertz CT molecular complexity index is 1340. The minimum atomic E-state index is -3.76. The van der Waals surface area contributed by atoms with Crippen LogP contribution in [-0.2, 0) is 16.4 Å². The van der Waals surface area contributed by atoms with Gasteiger partial charge >= 0.3 is 0 Å². The molecule has 6 nitrogen and oxygen atoms in total. The molecule has 0 spiro atoms. The highest BCUT2D eigenvalue weighted by Crippen LogP contribution is 2.32. The predicted molar refractivity (Wildman–Crippen MR) is 135 cm³/mol. The van der Waals surface area contributed by atoms with Gasteiger partial charge in [0.25, 0.3) is 5.91 Å². The number of hydrogen-bond acceptors (Lipinski definition) is 4. The van der Waals surface area contributed by atoms with Crippen molar-refractivity contribution in [2.75, 3.05) is 36.0 Å². The number of anilines is 2. The van der Waals surface area contributed by atoms with Crippen LogP contribution in [0.3, 0.4) is 0 Å². The van der Waals surface area contributed by atoms with Gasteiger partial charge in [0.15, 0.2) is 0 Å². The van der Waals surface area contributed by atoms with Crippen LogP contribution in [0.25, 0.3) is 0 Å². The lowest BCUT2D eigenvalue weighted by Gasteiger charge is -2.36. The van der Waals surface area contributed by atoms with Gasteiger partial charge in [0.2, 0.25) is 10.0 Å². The summed E-state index contributed by atoms with van der Waals surface area (Å²) in [5.41, 5.74) is 3.25. The van der Waals surface area contributed by atoms with Gasteiger partial charge in [-0.25, -0.2) is 12.8 Å². The Kier molecular flexibility index (Phi) is 6.34. The first-order valence-corrected chi connectivity index (χ1v) is 13.3. The zero-order chi connectivity index (χ0) is 24.6. The van der Waals surface area contributed by atoms with E-state index in [9.17, 15) is 17.6 Å². The number of piperazine rings is 1. The Morgan fingerprint density at radius 3 is 2.37 bits per heavy atom. The Morgan fingerprint density at radius 1 is 0.914 bits per heavy atom. The molecule has 2 heterocycles. The Labute approximate surface area is 205 Å². The normalized spacial score (nSPS) is 18.9. The van der Waals surface area contributed by atoms with Crippen molar-refractivity contribution in [2.24, 2.45) is 0 Å². The molecule has 2 aliphatic rings. The van der Waals surface area contributed by atoms with Crippen molar-refractivity contribution < 1.29 is 17.6 Å². The highest BCUT2D eigenvalue weighted by molar-refractivity contribution is 7.89. The van der Waals surface area contributed by atoms with Crippen LogP contribution in [0.4, 0.5) is 15.8 Å². The van der Waals surface area contributed by atoms with E-state index < -0.39 is 10.0 Å². The number of amides is 1. The number of hydrogen-bond donors (Lipinski definition) is 0. The summed E-state index contributed by atoms with van der Waals surface area (Å²) in [6, 6.07) is 20.5. The fourth-order valence-electron chi connectivity index (χ4n) is 4.91. The van der Waals surface area contributed by atoms with E-state index in [0.29, 0.717) is 31.7 Å². The van der Waals surface area contributed by atoms with Crippen molar-refractivity contribution in [2.45, 2.75) is 30.7 Å². The summed E-state index contributed by atoms with van der Waals surface area (Å²) in [7, 11) is -3.76. The lowest BCUT2D eigenvalue weighted by atomic mass is 9.96. The third kappa shape index (κ3) is 4.56. The maximum absolute atomic E-state index is 13.5. The molecule has 1 amide bonds. The number of carbonyl (C=O) groups is 1. The van der Waals surface area contributed by atoms with Crippen LogP contribution >= 0.6 is 0 Å². The van der Waals surface area contributed by atoms with E-state index in [1.807, 2.05) is 36.1 Å². The molecule has 2 aliphatic heterocycles. The second-order valence-electron chi connectivity index (χ2n) is 9.09. The largest absolute Gasteiger partial charge is 0.369 e. The molecule has 35 heavy (non-hydrogen) atoms. The van der Waals surface area contributed by atoms with Crippen LogP contribution in [-0.4, -0.2) is 50.9 Å². The molecule has 8 heteroatoms. The van der Waals surface area contributed by atoms with Crippen LogP contribution in [0.15, 0.2) is 77.7 Å².